The molecule has 1 aromatic heterocycles. The summed E-state index contributed by atoms with van der Waals surface area (Å²) in [6, 6.07) is 8.61. The van der Waals surface area contributed by atoms with Crippen LogP contribution in [0.15, 0.2) is 36.8 Å². The Labute approximate surface area is 114 Å². The Bertz CT molecular complexity index is 490. The highest BCUT2D eigenvalue weighted by molar-refractivity contribution is 5.22. The average Bonchev–Trinajstić information content (AvgIpc) is 2.85. The second kappa shape index (κ2) is 7.07. The van der Waals surface area contributed by atoms with Crippen LogP contribution in [0.1, 0.15) is 16.8 Å². The molecule has 4 heteroatoms. The second-order valence-electron chi connectivity index (χ2n) is 4.67. The number of nitrogens with zero attached hydrogens (tertiary/aromatic N) is 2. The molecule has 2 aromatic rings. The first-order chi connectivity index (χ1) is 9.29. The zero-order chi connectivity index (χ0) is 13.5. The molecule has 0 aliphatic heterocycles. The molecule has 2 rings (SSSR count). The van der Waals surface area contributed by atoms with Gasteiger partial charge in [-0.25, -0.2) is 4.98 Å². The number of methoxy groups -OCH3 is 1. The summed E-state index contributed by atoms with van der Waals surface area (Å²) in [6.07, 6.45) is 3.79. The minimum atomic E-state index is 0.728. The van der Waals surface area contributed by atoms with Crippen molar-refractivity contribution >= 4 is 0 Å². The number of hydrogen-bond donors (Lipinski definition) is 1. The summed E-state index contributed by atoms with van der Waals surface area (Å²) in [4.78, 5) is 4.23. The van der Waals surface area contributed by atoms with Crippen molar-refractivity contribution in [2.24, 2.45) is 0 Å². The van der Waals surface area contributed by atoms with Crippen molar-refractivity contribution in [1.82, 2.24) is 14.9 Å². The van der Waals surface area contributed by atoms with Crippen molar-refractivity contribution in [3.05, 3.63) is 53.6 Å². The van der Waals surface area contributed by atoms with Gasteiger partial charge in [-0.1, -0.05) is 29.8 Å². The van der Waals surface area contributed by atoms with Crippen molar-refractivity contribution in [2.45, 2.75) is 20.0 Å². The molecule has 0 saturated carbocycles. The SMILES string of the molecule is COCCNCc1cncn1Cc1ccc(C)cc1. The van der Waals surface area contributed by atoms with Crippen molar-refractivity contribution < 1.29 is 4.74 Å². The maximum Gasteiger partial charge on any atom is 0.0951 e. The van der Waals surface area contributed by atoms with Crippen molar-refractivity contribution in [3.8, 4) is 0 Å². The second-order valence-corrected chi connectivity index (χ2v) is 4.67. The lowest BCUT2D eigenvalue weighted by Crippen LogP contribution is -2.20. The minimum absolute atomic E-state index is 0.728. The molecule has 0 amide bonds. The maximum absolute atomic E-state index is 5.01. The lowest BCUT2D eigenvalue weighted by molar-refractivity contribution is 0.199. The van der Waals surface area contributed by atoms with Crippen LogP contribution in [0, 0.1) is 6.92 Å². The molecule has 1 aromatic carbocycles. The van der Waals surface area contributed by atoms with Gasteiger partial charge in [0.1, 0.15) is 0 Å². The number of ether oxygens (including phenoxy) is 1. The normalized spacial score (nSPS) is 10.8. The van der Waals surface area contributed by atoms with E-state index in [1.54, 1.807) is 7.11 Å². The third-order valence-electron chi connectivity index (χ3n) is 3.06. The molecule has 0 aliphatic rings. The Morgan fingerprint density at radius 1 is 1.26 bits per heavy atom. The number of hydrogen-bond acceptors (Lipinski definition) is 3. The maximum atomic E-state index is 5.01. The van der Waals surface area contributed by atoms with Gasteiger partial charge in [-0.05, 0) is 12.5 Å². The van der Waals surface area contributed by atoms with Crippen LogP contribution in [0.2, 0.25) is 0 Å². The Hall–Kier alpha value is -1.65. The third kappa shape index (κ3) is 4.19. The quantitative estimate of drug-likeness (QED) is 0.773. The zero-order valence-electron chi connectivity index (χ0n) is 11.6. The fraction of sp³-hybridized carbons (Fsp3) is 0.400. The van der Waals surface area contributed by atoms with Crippen LogP contribution in [0.5, 0.6) is 0 Å². The van der Waals surface area contributed by atoms with E-state index < -0.39 is 0 Å². The third-order valence-corrected chi connectivity index (χ3v) is 3.06. The average molecular weight is 259 g/mol. The lowest BCUT2D eigenvalue weighted by Gasteiger charge is -2.09. The molecule has 0 bridgehead atoms. The minimum Gasteiger partial charge on any atom is -0.383 e. The Balaban J connectivity index is 1.93. The smallest absolute Gasteiger partial charge is 0.0951 e. The van der Waals surface area contributed by atoms with E-state index >= 15 is 0 Å². The van der Waals surface area contributed by atoms with Gasteiger partial charge in [0.05, 0.1) is 18.6 Å². The summed E-state index contributed by atoms with van der Waals surface area (Å²) in [7, 11) is 1.71. The van der Waals surface area contributed by atoms with E-state index in [9.17, 15) is 0 Å². The summed E-state index contributed by atoms with van der Waals surface area (Å²) in [6.45, 7) is 5.36. The number of imidazole rings is 1. The van der Waals surface area contributed by atoms with Crippen molar-refractivity contribution in [1.29, 1.82) is 0 Å². The molecule has 0 radical (unpaired) electrons. The number of nitrogens with one attached hydrogen (secondary N) is 1. The zero-order valence-corrected chi connectivity index (χ0v) is 11.6. The molecular formula is C15H21N3O. The van der Waals surface area contributed by atoms with E-state index in [4.69, 9.17) is 4.74 Å². The van der Waals surface area contributed by atoms with Crippen LogP contribution < -0.4 is 5.32 Å². The molecule has 0 saturated heterocycles. The predicted molar refractivity (Wildman–Crippen MR) is 76.1 cm³/mol. The van der Waals surface area contributed by atoms with Crippen LogP contribution in [0.25, 0.3) is 0 Å². The van der Waals surface area contributed by atoms with E-state index in [1.165, 1.54) is 16.8 Å². The first kappa shape index (κ1) is 13.8. The van der Waals surface area contributed by atoms with E-state index in [0.29, 0.717) is 0 Å². The summed E-state index contributed by atoms with van der Waals surface area (Å²) in [5.74, 6) is 0. The van der Waals surface area contributed by atoms with Crippen LogP contribution in [-0.2, 0) is 17.8 Å². The summed E-state index contributed by atoms with van der Waals surface area (Å²) < 4.78 is 7.18. The van der Waals surface area contributed by atoms with Gasteiger partial charge in [0.25, 0.3) is 0 Å². The monoisotopic (exact) mass is 259 g/mol. The first-order valence-electron chi connectivity index (χ1n) is 6.54. The lowest BCUT2D eigenvalue weighted by atomic mass is 10.1. The van der Waals surface area contributed by atoms with Gasteiger partial charge in [0.15, 0.2) is 0 Å². The van der Waals surface area contributed by atoms with Crippen LogP contribution >= 0.6 is 0 Å². The van der Waals surface area contributed by atoms with Gasteiger partial charge in [-0.2, -0.15) is 0 Å². The van der Waals surface area contributed by atoms with Gasteiger partial charge >= 0.3 is 0 Å². The van der Waals surface area contributed by atoms with Gasteiger partial charge < -0.3 is 14.6 Å². The van der Waals surface area contributed by atoms with Crippen LogP contribution in [0.4, 0.5) is 0 Å². The van der Waals surface area contributed by atoms with Crippen molar-refractivity contribution in [2.75, 3.05) is 20.3 Å². The van der Waals surface area contributed by atoms with E-state index in [2.05, 4.69) is 46.1 Å². The number of aryl methyl sites for hydroxylation is 1. The summed E-state index contributed by atoms with van der Waals surface area (Å²) in [5.41, 5.74) is 3.77. The Kier molecular flexibility index (Phi) is 5.12. The molecule has 19 heavy (non-hydrogen) atoms. The molecule has 0 spiro atoms. The summed E-state index contributed by atoms with van der Waals surface area (Å²) >= 11 is 0. The van der Waals surface area contributed by atoms with E-state index in [0.717, 1.165) is 26.2 Å². The Morgan fingerprint density at radius 2 is 2.05 bits per heavy atom. The number of benzene rings is 1. The predicted octanol–water partition coefficient (Wildman–Crippen LogP) is 1.98. The summed E-state index contributed by atoms with van der Waals surface area (Å²) in [5, 5.41) is 3.34. The molecular weight excluding hydrogens is 238 g/mol. The highest BCUT2D eigenvalue weighted by Crippen LogP contribution is 2.08. The van der Waals surface area contributed by atoms with Crippen molar-refractivity contribution in [3.63, 3.8) is 0 Å². The van der Waals surface area contributed by atoms with E-state index in [-0.39, 0.29) is 0 Å². The van der Waals surface area contributed by atoms with Gasteiger partial charge in [0, 0.05) is 32.9 Å². The van der Waals surface area contributed by atoms with Gasteiger partial charge in [-0.15, -0.1) is 0 Å². The molecule has 1 heterocycles. The molecule has 4 nitrogen and oxygen atoms in total. The molecule has 102 valence electrons. The van der Waals surface area contributed by atoms with Gasteiger partial charge in [-0.3, -0.25) is 0 Å². The van der Waals surface area contributed by atoms with Crippen LogP contribution in [0.3, 0.4) is 0 Å². The van der Waals surface area contributed by atoms with E-state index in [1.807, 2.05) is 12.5 Å². The fourth-order valence-electron chi connectivity index (χ4n) is 1.92. The molecule has 0 atom stereocenters. The standard InChI is InChI=1S/C15H21N3O/c1-13-3-5-14(6-4-13)11-18-12-17-10-15(18)9-16-7-8-19-2/h3-6,10,12,16H,7-9,11H2,1-2H3. The fourth-order valence-corrected chi connectivity index (χ4v) is 1.92. The number of rotatable bonds is 7. The number of aromatic nitrogens is 2. The highest BCUT2D eigenvalue weighted by atomic mass is 16.5. The first-order valence-corrected chi connectivity index (χ1v) is 6.54. The molecule has 0 fully saturated rings. The molecule has 0 unspecified atom stereocenters. The largest absolute Gasteiger partial charge is 0.383 e. The molecule has 1 N–H and O–H groups in total. The topological polar surface area (TPSA) is 39.1 Å². The highest BCUT2D eigenvalue weighted by Gasteiger charge is 2.02. The molecule has 0 aliphatic carbocycles. The Morgan fingerprint density at radius 3 is 2.79 bits per heavy atom. The van der Waals surface area contributed by atoms with Crippen LogP contribution in [-0.4, -0.2) is 29.8 Å². The van der Waals surface area contributed by atoms with Gasteiger partial charge in [0.2, 0.25) is 0 Å².